The fourth-order valence-electron chi connectivity index (χ4n) is 4.10. The molecule has 37 heavy (non-hydrogen) atoms. The Morgan fingerprint density at radius 2 is 1.76 bits per heavy atom. The Kier molecular flexibility index (Phi) is 7.04. The molecular weight excluding hydrogens is 494 g/mol. The fourth-order valence-corrected chi connectivity index (χ4v) is 4.23. The van der Waals surface area contributed by atoms with E-state index in [4.69, 9.17) is 25.8 Å². The molecule has 0 saturated heterocycles. The van der Waals surface area contributed by atoms with Crippen LogP contribution in [0.15, 0.2) is 84.1 Å². The van der Waals surface area contributed by atoms with Crippen molar-refractivity contribution in [2.75, 3.05) is 12.4 Å². The van der Waals surface area contributed by atoms with Crippen LogP contribution in [0.4, 0.5) is 5.95 Å². The van der Waals surface area contributed by atoms with E-state index in [1.54, 1.807) is 24.8 Å². The van der Waals surface area contributed by atoms with Crippen LogP contribution in [0.5, 0.6) is 11.5 Å². The normalized spacial score (nSPS) is 14.5. The SMILES string of the molecule is COc1cc(C2C(C(=O)OCc3ccccc3)=C(C)Nc3nnnn32)ccc1OCc1ccc(Cl)cc1. The molecule has 188 valence electrons. The summed E-state index contributed by atoms with van der Waals surface area (Å²) in [4.78, 5) is 13.3. The Morgan fingerprint density at radius 3 is 2.51 bits per heavy atom. The lowest BCUT2D eigenvalue weighted by molar-refractivity contribution is -0.140. The first kappa shape index (κ1) is 24.3. The summed E-state index contributed by atoms with van der Waals surface area (Å²) in [6, 6.07) is 21.8. The number of rotatable bonds is 8. The number of ether oxygens (including phenoxy) is 3. The summed E-state index contributed by atoms with van der Waals surface area (Å²) >= 11 is 5.97. The lowest BCUT2D eigenvalue weighted by Gasteiger charge is -2.28. The first-order valence-electron chi connectivity index (χ1n) is 11.6. The summed E-state index contributed by atoms with van der Waals surface area (Å²) in [5.41, 5.74) is 3.59. The number of nitrogens with one attached hydrogen (secondary N) is 1. The van der Waals surface area contributed by atoms with E-state index < -0.39 is 12.0 Å². The highest BCUT2D eigenvalue weighted by Gasteiger charge is 2.35. The quantitative estimate of drug-likeness (QED) is 0.328. The van der Waals surface area contributed by atoms with Crippen LogP contribution >= 0.6 is 11.6 Å². The summed E-state index contributed by atoms with van der Waals surface area (Å²) in [7, 11) is 1.56. The molecule has 0 saturated carbocycles. The second-order valence-electron chi connectivity index (χ2n) is 8.40. The molecule has 0 fully saturated rings. The number of methoxy groups -OCH3 is 1. The molecule has 4 aromatic rings. The molecule has 1 aliphatic heterocycles. The lowest BCUT2D eigenvalue weighted by atomic mass is 9.95. The van der Waals surface area contributed by atoms with Gasteiger partial charge in [0.1, 0.15) is 19.3 Å². The van der Waals surface area contributed by atoms with Gasteiger partial charge in [-0.2, -0.15) is 4.68 Å². The van der Waals surface area contributed by atoms with E-state index >= 15 is 0 Å². The third-order valence-corrected chi connectivity index (χ3v) is 6.21. The Balaban J connectivity index is 1.43. The van der Waals surface area contributed by atoms with Gasteiger partial charge in [0.15, 0.2) is 11.5 Å². The largest absolute Gasteiger partial charge is 0.493 e. The van der Waals surface area contributed by atoms with Crippen molar-refractivity contribution in [3.63, 3.8) is 0 Å². The number of fused-ring (bicyclic) bond motifs is 1. The predicted octanol–water partition coefficient (Wildman–Crippen LogP) is 4.95. The highest BCUT2D eigenvalue weighted by molar-refractivity contribution is 6.30. The van der Waals surface area contributed by atoms with Crippen molar-refractivity contribution >= 4 is 23.5 Å². The maximum atomic E-state index is 13.3. The topological polar surface area (TPSA) is 100 Å². The number of benzene rings is 3. The second kappa shape index (κ2) is 10.7. The van der Waals surface area contributed by atoms with E-state index in [2.05, 4.69) is 20.8 Å². The average Bonchev–Trinajstić information content (AvgIpc) is 3.39. The van der Waals surface area contributed by atoms with Crippen molar-refractivity contribution in [1.82, 2.24) is 20.2 Å². The van der Waals surface area contributed by atoms with E-state index in [0.29, 0.717) is 40.3 Å². The summed E-state index contributed by atoms with van der Waals surface area (Å²) in [6.45, 7) is 2.28. The van der Waals surface area contributed by atoms with Gasteiger partial charge in [0.2, 0.25) is 5.95 Å². The van der Waals surface area contributed by atoms with Gasteiger partial charge in [0.05, 0.1) is 12.7 Å². The molecule has 1 aromatic heterocycles. The van der Waals surface area contributed by atoms with Crippen LogP contribution in [0.3, 0.4) is 0 Å². The molecule has 0 amide bonds. The molecule has 1 N–H and O–H groups in total. The van der Waals surface area contributed by atoms with Crippen molar-refractivity contribution in [1.29, 1.82) is 0 Å². The molecule has 5 rings (SSSR count). The molecule has 2 heterocycles. The van der Waals surface area contributed by atoms with Gasteiger partial charge in [-0.15, -0.1) is 0 Å². The second-order valence-corrected chi connectivity index (χ2v) is 8.84. The van der Waals surface area contributed by atoms with Gasteiger partial charge in [-0.1, -0.05) is 65.2 Å². The predicted molar refractivity (Wildman–Crippen MR) is 137 cm³/mol. The van der Waals surface area contributed by atoms with Gasteiger partial charge in [-0.05, 0) is 58.3 Å². The summed E-state index contributed by atoms with van der Waals surface area (Å²) in [6.07, 6.45) is 0. The van der Waals surface area contributed by atoms with E-state index in [1.165, 1.54) is 0 Å². The van der Waals surface area contributed by atoms with E-state index in [-0.39, 0.29) is 6.61 Å². The smallest absolute Gasteiger partial charge is 0.338 e. The van der Waals surface area contributed by atoms with Crippen LogP contribution in [-0.4, -0.2) is 33.3 Å². The van der Waals surface area contributed by atoms with Gasteiger partial charge >= 0.3 is 5.97 Å². The van der Waals surface area contributed by atoms with Crippen molar-refractivity contribution < 1.29 is 19.0 Å². The van der Waals surface area contributed by atoms with Crippen LogP contribution in [0.25, 0.3) is 0 Å². The van der Waals surface area contributed by atoms with E-state index in [1.807, 2.05) is 66.7 Å². The van der Waals surface area contributed by atoms with Crippen molar-refractivity contribution in [2.45, 2.75) is 26.2 Å². The van der Waals surface area contributed by atoms with Gasteiger partial charge < -0.3 is 19.5 Å². The van der Waals surface area contributed by atoms with Crippen molar-refractivity contribution in [2.24, 2.45) is 0 Å². The highest BCUT2D eigenvalue weighted by atomic mass is 35.5. The van der Waals surface area contributed by atoms with Crippen molar-refractivity contribution in [3.8, 4) is 11.5 Å². The van der Waals surface area contributed by atoms with Crippen LogP contribution < -0.4 is 14.8 Å². The maximum Gasteiger partial charge on any atom is 0.338 e. The number of halogens is 1. The van der Waals surface area contributed by atoms with Gasteiger partial charge in [0.25, 0.3) is 0 Å². The number of carbonyl (C=O) groups excluding carboxylic acids is 1. The van der Waals surface area contributed by atoms with Gasteiger partial charge in [0, 0.05) is 10.7 Å². The minimum Gasteiger partial charge on any atom is -0.493 e. The Labute approximate surface area is 218 Å². The molecule has 0 aliphatic carbocycles. The Bertz CT molecular complexity index is 1440. The fraction of sp³-hybridized carbons (Fsp3) is 0.185. The molecular formula is C27H24ClN5O4. The van der Waals surface area contributed by atoms with Gasteiger partial charge in [-0.3, -0.25) is 0 Å². The third kappa shape index (κ3) is 5.26. The first-order chi connectivity index (χ1) is 18.0. The van der Waals surface area contributed by atoms with Gasteiger partial charge in [-0.25, -0.2) is 4.79 Å². The minimum atomic E-state index is -0.631. The van der Waals surface area contributed by atoms with E-state index in [9.17, 15) is 4.79 Å². The van der Waals surface area contributed by atoms with Crippen LogP contribution in [0.2, 0.25) is 5.02 Å². The number of nitrogens with zero attached hydrogens (tertiary/aromatic N) is 4. The Morgan fingerprint density at radius 1 is 1.00 bits per heavy atom. The number of allylic oxidation sites excluding steroid dienone is 1. The molecule has 10 heteroatoms. The molecule has 9 nitrogen and oxygen atoms in total. The molecule has 0 spiro atoms. The Hall–Kier alpha value is -4.37. The zero-order valence-corrected chi connectivity index (χ0v) is 21.0. The zero-order chi connectivity index (χ0) is 25.8. The summed E-state index contributed by atoms with van der Waals surface area (Å²) < 4.78 is 18.9. The lowest BCUT2D eigenvalue weighted by Crippen LogP contribution is -2.29. The van der Waals surface area contributed by atoms with E-state index in [0.717, 1.165) is 16.7 Å². The minimum absolute atomic E-state index is 0.145. The molecule has 0 bridgehead atoms. The van der Waals surface area contributed by atoms with Crippen LogP contribution in [0.1, 0.15) is 29.7 Å². The molecule has 1 unspecified atom stereocenters. The van der Waals surface area contributed by atoms with Crippen LogP contribution in [0, 0.1) is 0 Å². The average molecular weight is 518 g/mol. The number of esters is 1. The summed E-state index contributed by atoms with van der Waals surface area (Å²) in [5, 5.41) is 15.7. The third-order valence-electron chi connectivity index (χ3n) is 5.96. The number of hydrogen-bond acceptors (Lipinski definition) is 8. The standard InChI is InChI=1S/C27H24ClN5O4/c1-17-24(26(34)37-16-18-6-4-3-5-7-18)25(33-27(29-17)30-31-32-33)20-10-13-22(23(14-20)35-2)36-15-19-8-11-21(28)12-9-19/h3-14,25H,15-16H2,1-2H3,(H,29,30,32). The maximum absolute atomic E-state index is 13.3. The molecule has 1 atom stereocenters. The number of anilines is 1. The zero-order valence-electron chi connectivity index (χ0n) is 20.2. The van der Waals surface area contributed by atoms with Crippen molar-refractivity contribution in [3.05, 3.63) is 106 Å². The number of hydrogen-bond donors (Lipinski definition) is 1. The molecule has 3 aromatic carbocycles. The first-order valence-corrected chi connectivity index (χ1v) is 11.9. The number of aromatic nitrogens is 4. The number of carbonyl (C=O) groups is 1. The number of tetrazole rings is 1. The molecule has 1 aliphatic rings. The van der Waals surface area contributed by atoms with Crippen LogP contribution in [-0.2, 0) is 22.7 Å². The molecule has 0 radical (unpaired) electrons. The monoisotopic (exact) mass is 517 g/mol. The summed E-state index contributed by atoms with van der Waals surface area (Å²) in [5.74, 6) is 1.02. The highest BCUT2D eigenvalue weighted by Crippen LogP contribution is 2.39.